The molecule has 0 N–H and O–H groups in total. The highest BCUT2D eigenvalue weighted by atomic mass is 35.5. The van der Waals surface area contributed by atoms with Gasteiger partial charge in [0.25, 0.3) is 5.56 Å². The van der Waals surface area contributed by atoms with Crippen molar-refractivity contribution in [2.75, 3.05) is 33.6 Å². The fraction of sp³-hybridized carbons (Fsp3) is 0.440. The maximum absolute atomic E-state index is 14.0. The molecule has 0 bridgehead atoms. The number of carbonyl (C=O) groups excluding carboxylic acids is 1. The number of rotatable bonds is 6. The van der Waals surface area contributed by atoms with Gasteiger partial charge in [-0.2, -0.15) is 4.98 Å². The highest BCUT2D eigenvalue weighted by molar-refractivity contribution is 7.90. The van der Waals surface area contributed by atoms with Crippen molar-refractivity contribution in [3.05, 3.63) is 38.7 Å². The summed E-state index contributed by atoms with van der Waals surface area (Å²) < 4.78 is 41.8. The average Bonchev–Trinajstić information content (AvgIpc) is 2.80. The lowest BCUT2D eigenvalue weighted by Crippen LogP contribution is -2.53. The number of methoxy groups -OCH3 is 2. The third-order valence-electron chi connectivity index (χ3n) is 6.03. The van der Waals surface area contributed by atoms with Crippen LogP contribution in [0.3, 0.4) is 0 Å². The first kappa shape index (κ1) is 28.9. The Morgan fingerprint density at radius 2 is 1.69 bits per heavy atom. The number of pyridine rings is 1. The summed E-state index contributed by atoms with van der Waals surface area (Å²) in [5.74, 6) is 0.361. The molecule has 0 spiro atoms. The number of amides is 1. The minimum absolute atomic E-state index is 0.0970. The number of fused-ring (bicyclic) bond motifs is 1. The van der Waals surface area contributed by atoms with E-state index < -0.39 is 32.2 Å². The molecule has 3 heterocycles. The number of hydrogen-bond donors (Lipinski definition) is 0. The largest absolute Gasteiger partial charge is 0.495 e. The zero-order valence-electron chi connectivity index (χ0n) is 22.2. The summed E-state index contributed by atoms with van der Waals surface area (Å²) in [6.07, 6.45) is 1.86. The van der Waals surface area contributed by atoms with Gasteiger partial charge < -0.3 is 19.1 Å². The molecule has 0 saturated carbocycles. The minimum Gasteiger partial charge on any atom is -0.495 e. The number of aromatic nitrogens is 3. The zero-order chi connectivity index (χ0) is 28.9. The van der Waals surface area contributed by atoms with Crippen LogP contribution in [-0.2, 0) is 21.1 Å². The van der Waals surface area contributed by atoms with Crippen LogP contribution in [0.2, 0.25) is 10.0 Å². The summed E-state index contributed by atoms with van der Waals surface area (Å²) in [6, 6.07) is 3.01. The van der Waals surface area contributed by atoms with Crippen LogP contribution >= 0.6 is 23.2 Å². The number of nitrogens with zero attached hydrogens (tertiary/aromatic N) is 4. The summed E-state index contributed by atoms with van der Waals surface area (Å²) in [5.41, 5.74) is -0.730. The van der Waals surface area contributed by atoms with Gasteiger partial charge in [0.15, 0.2) is 0 Å². The molecule has 39 heavy (non-hydrogen) atoms. The maximum atomic E-state index is 14.0. The van der Waals surface area contributed by atoms with E-state index in [0.717, 1.165) is 6.26 Å². The predicted octanol–water partition coefficient (Wildman–Crippen LogP) is 4.05. The van der Waals surface area contributed by atoms with E-state index in [1.807, 2.05) is 0 Å². The molecule has 0 unspecified atom stereocenters. The Hall–Kier alpha value is -3.09. The maximum Gasteiger partial charge on any atom is 0.410 e. The third kappa shape index (κ3) is 5.78. The molecule has 3 aromatic rings. The van der Waals surface area contributed by atoms with Crippen molar-refractivity contribution >= 4 is 50.2 Å². The van der Waals surface area contributed by atoms with Crippen LogP contribution < -0.4 is 15.0 Å². The number of halogens is 2. The van der Waals surface area contributed by atoms with Crippen LogP contribution in [0.5, 0.6) is 11.5 Å². The van der Waals surface area contributed by atoms with Gasteiger partial charge in [-0.15, -0.1) is 0 Å². The molecule has 1 saturated heterocycles. The van der Waals surface area contributed by atoms with Crippen LogP contribution in [0.4, 0.5) is 4.79 Å². The van der Waals surface area contributed by atoms with Crippen molar-refractivity contribution in [3.8, 4) is 22.6 Å². The Morgan fingerprint density at radius 3 is 2.21 bits per heavy atom. The second-order valence-electron chi connectivity index (χ2n) is 10.2. The molecule has 1 aliphatic rings. The molecular weight excluding hydrogens is 571 g/mol. The number of benzene rings is 1. The fourth-order valence-electron chi connectivity index (χ4n) is 4.21. The van der Waals surface area contributed by atoms with E-state index in [9.17, 15) is 18.0 Å². The Bertz CT molecular complexity index is 1600. The van der Waals surface area contributed by atoms with E-state index in [2.05, 4.69) is 9.97 Å². The van der Waals surface area contributed by atoms with Crippen molar-refractivity contribution in [1.29, 1.82) is 0 Å². The minimum atomic E-state index is -3.76. The number of likely N-dealkylation sites (tertiary alicyclic amines) is 1. The smallest absolute Gasteiger partial charge is 0.410 e. The van der Waals surface area contributed by atoms with E-state index in [4.69, 9.17) is 37.4 Å². The van der Waals surface area contributed by atoms with E-state index in [1.165, 1.54) is 42.0 Å². The van der Waals surface area contributed by atoms with Crippen LogP contribution in [0, 0.1) is 5.92 Å². The first-order valence-electron chi connectivity index (χ1n) is 11.8. The molecule has 1 fully saturated rings. The van der Waals surface area contributed by atoms with Gasteiger partial charge in [-0.1, -0.05) is 23.2 Å². The number of ether oxygens (including phenoxy) is 3. The molecule has 1 amide bonds. The van der Waals surface area contributed by atoms with E-state index >= 15 is 0 Å². The summed E-state index contributed by atoms with van der Waals surface area (Å²) in [6.45, 7) is 6.16. The summed E-state index contributed by atoms with van der Waals surface area (Å²) in [5, 5.41) is 0.160. The molecule has 210 valence electrons. The van der Waals surface area contributed by atoms with Gasteiger partial charge in [0.05, 0.1) is 29.8 Å². The SMILES string of the molecule is COc1cc(OC)c(Cl)c(-c2cc3cnc(S(C)(=O)=O)nc3n(CC3CN(C(=O)OC(C)(C)C)C3)c2=O)c1Cl. The van der Waals surface area contributed by atoms with Crippen molar-refractivity contribution < 1.29 is 27.4 Å². The van der Waals surface area contributed by atoms with E-state index in [1.54, 1.807) is 20.8 Å². The lowest BCUT2D eigenvalue weighted by Gasteiger charge is -2.40. The van der Waals surface area contributed by atoms with Gasteiger partial charge in [0.1, 0.15) is 22.7 Å². The van der Waals surface area contributed by atoms with Gasteiger partial charge in [-0.3, -0.25) is 9.36 Å². The van der Waals surface area contributed by atoms with Gasteiger partial charge >= 0.3 is 6.09 Å². The Kier molecular flexibility index (Phi) is 7.76. The Balaban J connectivity index is 1.85. The van der Waals surface area contributed by atoms with Gasteiger partial charge in [0.2, 0.25) is 15.0 Å². The quantitative estimate of drug-likeness (QED) is 0.385. The molecule has 0 atom stereocenters. The number of hydrogen-bond acceptors (Lipinski definition) is 9. The van der Waals surface area contributed by atoms with Crippen molar-refractivity contribution in [2.24, 2.45) is 5.92 Å². The van der Waals surface area contributed by atoms with Crippen LogP contribution in [0.1, 0.15) is 20.8 Å². The van der Waals surface area contributed by atoms with Crippen molar-refractivity contribution in [3.63, 3.8) is 0 Å². The molecular formula is C25H28Cl2N4O7S. The highest BCUT2D eigenvalue weighted by Gasteiger charge is 2.35. The summed E-state index contributed by atoms with van der Waals surface area (Å²) in [7, 11) is -0.915. The first-order valence-corrected chi connectivity index (χ1v) is 14.5. The van der Waals surface area contributed by atoms with Crippen LogP contribution in [0.25, 0.3) is 22.2 Å². The lowest BCUT2D eigenvalue weighted by molar-refractivity contribution is -0.00330. The average molecular weight is 599 g/mol. The standard InChI is InChI=1S/C25H28Cl2N4O7S/c1-25(2,3)38-24(33)30-10-13(11-30)12-31-21-14(9-28-23(29-21)39(6,34)35)7-15(22(31)32)18-19(26)16(36-4)8-17(37-5)20(18)27/h7-9,13H,10-12H2,1-6H3. The van der Waals surface area contributed by atoms with E-state index in [0.29, 0.717) is 18.5 Å². The lowest BCUT2D eigenvalue weighted by atomic mass is 9.99. The van der Waals surface area contributed by atoms with Crippen LogP contribution in [0.15, 0.2) is 28.3 Å². The summed E-state index contributed by atoms with van der Waals surface area (Å²) >= 11 is 13.2. The van der Waals surface area contributed by atoms with Crippen LogP contribution in [-0.4, -0.2) is 73.1 Å². The van der Waals surface area contributed by atoms with Gasteiger partial charge in [-0.25, -0.2) is 18.2 Å². The normalized spacial score (nSPS) is 14.3. The topological polar surface area (TPSA) is 130 Å². The monoisotopic (exact) mass is 598 g/mol. The third-order valence-corrected chi connectivity index (χ3v) is 7.64. The molecule has 1 aromatic carbocycles. The predicted molar refractivity (Wildman–Crippen MR) is 147 cm³/mol. The molecule has 0 aliphatic carbocycles. The van der Waals surface area contributed by atoms with Gasteiger partial charge in [-0.05, 0) is 26.8 Å². The summed E-state index contributed by atoms with van der Waals surface area (Å²) in [4.78, 5) is 36.1. The first-order chi connectivity index (χ1) is 18.1. The fourth-order valence-corrected chi connectivity index (χ4v) is 5.41. The van der Waals surface area contributed by atoms with Crippen molar-refractivity contribution in [1.82, 2.24) is 19.4 Å². The molecule has 0 radical (unpaired) electrons. The van der Waals surface area contributed by atoms with Gasteiger partial charge in [0, 0.05) is 55.0 Å². The highest BCUT2D eigenvalue weighted by Crippen LogP contribution is 2.45. The Morgan fingerprint density at radius 1 is 1.10 bits per heavy atom. The van der Waals surface area contributed by atoms with E-state index in [-0.39, 0.29) is 50.8 Å². The number of sulfone groups is 1. The molecule has 1 aliphatic heterocycles. The zero-order valence-corrected chi connectivity index (χ0v) is 24.6. The second kappa shape index (κ2) is 10.5. The number of carbonyl (C=O) groups is 1. The Labute approximate surface area is 235 Å². The van der Waals surface area contributed by atoms with Crippen molar-refractivity contribution in [2.45, 2.75) is 38.1 Å². The molecule has 2 aromatic heterocycles. The second-order valence-corrected chi connectivity index (χ2v) is 12.9. The molecule has 4 rings (SSSR count). The molecule has 14 heteroatoms. The molecule has 11 nitrogen and oxygen atoms in total.